The predicted octanol–water partition coefficient (Wildman–Crippen LogP) is 6.84. The lowest BCUT2D eigenvalue weighted by atomic mass is 9.78. The van der Waals surface area contributed by atoms with Crippen molar-refractivity contribution >= 4 is 0 Å². The van der Waals surface area contributed by atoms with Gasteiger partial charge in [-0.1, -0.05) is 112 Å². The van der Waals surface area contributed by atoms with Gasteiger partial charge in [0.15, 0.2) is 0 Å². The van der Waals surface area contributed by atoms with Crippen molar-refractivity contribution < 1.29 is 0 Å². The van der Waals surface area contributed by atoms with Crippen LogP contribution < -0.4 is 10.6 Å². The molecule has 0 radical (unpaired) electrons. The lowest BCUT2D eigenvalue weighted by Gasteiger charge is -2.41. The summed E-state index contributed by atoms with van der Waals surface area (Å²) in [7, 11) is 0. The van der Waals surface area contributed by atoms with Crippen LogP contribution in [0.25, 0.3) is 0 Å². The molecule has 158 valence electrons. The molecular weight excluding hydrogens is 364 g/mol. The molecule has 0 saturated heterocycles. The van der Waals surface area contributed by atoms with Gasteiger partial charge in [-0.3, -0.25) is 0 Å². The van der Waals surface area contributed by atoms with Gasteiger partial charge in [-0.15, -0.1) is 0 Å². The molecule has 0 fully saturated rings. The molecule has 2 nitrogen and oxygen atoms in total. The molecular formula is C28H36N2. The van der Waals surface area contributed by atoms with Gasteiger partial charge in [0, 0.05) is 24.2 Å². The number of nitrogens with one attached hydrogen (secondary N) is 2. The van der Waals surface area contributed by atoms with Crippen molar-refractivity contribution in [2.45, 2.75) is 58.8 Å². The summed E-state index contributed by atoms with van der Waals surface area (Å²) >= 11 is 0. The Morgan fingerprint density at radius 3 is 1.30 bits per heavy atom. The van der Waals surface area contributed by atoms with E-state index in [1.807, 2.05) is 0 Å². The molecule has 0 unspecified atom stereocenters. The lowest BCUT2D eigenvalue weighted by Crippen LogP contribution is -2.50. The third-order valence-corrected chi connectivity index (χ3v) is 5.88. The zero-order valence-electron chi connectivity index (χ0n) is 19.0. The van der Waals surface area contributed by atoms with E-state index in [-0.39, 0.29) is 29.6 Å². The molecule has 0 aliphatic rings. The molecule has 3 aromatic carbocycles. The molecule has 0 saturated carbocycles. The van der Waals surface area contributed by atoms with Crippen LogP contribution in [0.5, 0.6) is 0 Å². The van der Waals surface area contributed by atoms with Gasteiger partial charge in [0.05, 0.1) is 0 Å². The molecule has 0 heterocycles. The second-order valence-corrected chi connectivity index (χ2v) is 9.33. The summed E-state index contributed by atoms with van der Waals surface area (Å²) in [5, 5.41) is 7.92. The predicted molar refractivity (Wildman–Crippen MR) is 128 cm³/mol. The summed E-state index contributed by atoms with van der Waals surface area (Å²) in [5.41, 5.74) is 4.00. The van der Waals surface area contributed by atoms with E-state index in [0.717, 1.165) is 0 Å². The minimum atomic E-state index is 0.0625. The molecule has 0 aromatic heterocycles. The normalized spacial score (nSPS) is 15.9. The summed E-state index contributed by atoms with van der Waals surface area (Å²) in [5.74, 6) is 0. The first-order valence-corrected chi connectivity index (χ1v) is 11.0. The number of hydrogen-bond acceptors (Lipinski definition) is 2. The van der Waals surface area contributed by atoms with Crippen molar-refractivity contribution in [1.82, 2.24) is 10.6 Å². The van der Waals surface area contributed by atoms with E-state index < -0.39 is 0 Å². The molecule has 0 aliphatic carbocycles. The van der Waals surface area contributed by atoms with E-state index in [4.69, 9.17) is 0 Å². The summed E-state index contributed by atoms with van der Waals surface area (Å²) in [4.78, 5) is 0. The topological polar surface area (TPSA) is 24.1 Å². The largest absolute Gasteiger partial charge is 0.305 e. The lowest BCUT2D eigenvalue weighted by molar-refractivity contribution is 0.188. The molecule has 0 bridgehead atoms. The first-order valence-electron chi connectivity index (χ1n) is 11.0. The van der Waals surface area contributed by atoms with Crippen LogP contribution in [0.1, 0.15) is 69.4 Å². The summed E-state index contributed by atoms with van der Waals surface area (Å²) in [6.07, 6.45) is 0. The zero-order chi connectivity index (χ0) is 21.6. The van der Waals surface area contributed by atoms with Crippen molar-refractivity contribution in [3.63, 3.8) is 0 Å². The minimum absolute atomic E-state index is 0.0625. The van der Waals surface area contributed by atoms with Crippen molar-refractivity contribution in [3.05, 3.63) is 108 Å². The maximum Gasteiger partial charge on any atom is 0.0485 e. The fraction of sp³-hybridized carbons (Fsp3) is 0.357. The minimum Gasteiger partial charge on any atom is -0.305 e. The highest BCUT2D eigenvalue weighted by Crippen LogP contribution is 2.34. The SMILES string of the molecule is C[C@H](N[C@H](c1ccccc1)[C@H](N[C@@H](C)c1ccccc1)C(C)(C)C)c1ccccc1. The van der Waals surface area contributed by atoms with Crippen molar-refractivity contribution in [3.8, 4) is 0 Å². The van der Waals surface area contributed by atoms with Crippen LogP contribution in [0.4, 0.5) is 0 Å². The second-order valence-electron chi connectivity index (χ2n) is 9.33. The highest BCUT2D eigenvalue weighted by atomic mass is 15.1. The average Bonchev–Trinajstić information content (AvgIpc) is 2.77. The maximum absolute atomic E-state index is 3.97. The van der Waals surface area contributed by atoms with Crippen molar-refractivity contribution in [2.24, 2.45) is 5.41 Å². The molecule has 0 amide bonds. The number of benzene rings is 3. The van der Waals surface area contributed by atoms with E-state index in [2.05, 4.69) is 136 Å². The first-order chi connectivity index (χ1) is 14.4. The molecule has 3 rings (SSSR count). The van der Waals surface area contributed by atoms with Gasteiger partial charge in [-0.25, -0.2) is 0 Å². The third kappa shape index (κ3) is 5.81. The van der Waals surface area contributed by atoms with Gasteiger partial charge < -0.3 is 10.6 Å². The highest BCUT2D eigenvalue weighted by Gasteiger charge is 2.35. The fourth-order valence-corrected chi connectivity index (χ4v) is 4.11. The molecule has 0 aliphatic heterocycles. The molecule has 2 heteroatoms. The van der Waals surface area contributed by atoms with E-state index in [1.165, 1.54) is 16.7 Å². The number of rotatable bonds is 8. The van der Waals surface area contributed by atoms with Crippen LogP contribution in [0, 0.1) is 5.41 Å². The van der Waals surface area contributed by atoms with E-state index >= 15 is 0 Å². The monoisotopic (exact) mass is 400 g/mol. The maximum atomic E-state index is 3.97. The van der Waals surface area contributed by atoms with Gasteiger partial charge in [0.1, 0.15) is 0 Å². The summed E-state index contributed by atoms with van der Waals surface area (Å²) in [6, 6.07) is 33.2. The van der Waals surface area contributed by atoms with E-state index in [9.17, 15) is 0 Å². The third-order valence-electron chi connectivity index (χ3n) is 5.88. The summed E-state index contributed by atoms with van der Waals surface area (Å²) < 4.78 is 0. The van der Waals surface area contributed by atoms with Crippen LogP contribution in [-0.2, 0) is 0 Å². The smallest absolute Gasteiger partial charge is 0.0485 e. The Labute approximate surface area is 182 Å². The Morgan fingerprint density at radius 2 is 0.900 bits per heavy atom. The molecule has 30 heavy (non-hydrogen) atoms. The van der Waals surface area contributed by atoms with Crippen molar-refractivity contribution in [1.29, 1.82) is 0 Å². The van der Waals surface area contributed by atoms with Crippen LogP contribution in [0.2, 0.25) is 0 Å². The van der Waals surface area contributed by atoms with Gasteiger partial charge in [-0.2, -0.15) is 0 Å². The fourth-order valence-electron chi connectivity index (χ4n) is 4.11. The van der Waals surface area contributed by atoms with Gasteiger partial charge >= 0.3 is 0 Å². The quantitative estimate of drug-likeness (QED) is 0.432. The van der Waals surface area contributed by atoms with Crippen LogP contribution in [0.15, 0.2) is 91.0 Å². The Balaban J connectivity index is 1.93. The van der Waals surface area contributed by atoms with Gasteiger partial charge in [0.2, 0.25) is 0 Å². The van der Waals surface area contributed by atoms with Crippen LogP contribution in [0.3, 0.4) is 0 Å². The highest BCUT2D eigenvalue weighted by molar-refractivity contribution is 5.25. The Morgan fingerprint density at radius 1 is 0.533 bits per heavy atom. The molecule has 4 atom stereocenters. The molecule has 0 spiro atoms. The molecule has 3 aromatic rings. The van der Waals surface area contributed by atoms with Crippen molar-refractivity contribution in [2.75, 3.05) is 0 Å². The van der Waals surface area contributed by atoms with Gasteiger partial charge in [0.25, 0.3) is 0 Å². The Bertz CT molecular complexity index is 869. The van der Waals surface area contributed by atoms with Gasteiger partial charge in [-0.05, 0) is 36.0 Å². The second kappa shape index (κ2) is 10.1. The van der Waals surface area contributed by atoms with E-state index in [0.29, 0.717) is 0 Å². The first kappa shape index (κ1) is 22.3. The molecule has 2 N–H and O–H groups in total. The zero-order valence-corrected chi connectivity index (χ0v) is 19.0. The van der Waals surface area contributed by atoms with Crippen LogP contribution in [-0.4, -0.2) is 6.04 Å². The Kier molecular flexibility index (Phi) is 7.47. The average molecular weight is 401 g/mol. The van der Waals surface area contributed by atoms with E-state index in [1.54, 1.807) is 0 Å². The number of hydrogen-bond donors (Lipinski definition) is 2. The van der Waals surface area contributed by atoms with Crippen LogP contribution >= 0.6 is 0 Å². The standard InChI is InChI=1S/C28H36N2/c1-21(23-15-9-6-10-16-23)29-26(25-19-13-8-14-20-25)27(28(3,4)5)30-22(2)24-17-11-7-12-18-24/h6-22,26-27,29-30H,1-5H3/t21-,22-,26+,27-/m0/s1. The summed E-state index contributed by atoms with van der Waals surface area (Å²) in [6.45, 7) is 11.5. The Hall–Kier alpha value is -2.42.